The summed E-state index contributed by atoms with van der Waals surface area (Å²) in [5.41, 5.74) is 2.57. The second-order valence-corrected chi connectivity index (χ2v) is 10.1. The predicted molar refractivity (Wildman–Crippen MR) is 139 cm³/mol. The summed E-state index contributed by atoms with van der Waals surface area (Å²) in [5.74, 6) is 0. The zero-order valence-corrected chi connectivity index (χ0v) is 21.7. The van der Waals surface area contributed by atoms with Crippen molar-refractivity contribution < 1.29 is 5.11 Å². The SMILES string of the molecule is CCCC(O)(Cc1ccc(Cl)cc1)C(C)(C)CC.CCCCn1cnc2cc(Cl)ccc21. The van der Waals surface area contributed by atoms with Gasteiger partial charge in [0.15, 0.2) is 0 Å². The van der Waals surface area contributed by atoms with Crippen molar-refractivity contribution >= 4 is 34.2 Å². The number of nitrogens with zero attached hydrogens (tertiary/aromatic N) is 2. The molecule has 176 valence electrons. The fraction of sp³-hybridized carbons (Fsp3) is 0.519. The summed E-state index contributed by atoms with van der Waals surface area (Å²) in [5, 5.41) is 12.5. The zero-order valence-electron chi connectivity index (χ0n) is 20.2. The van der Waals surface area contributed by atoms with E-state index in [1.165, 1.54) is 18.4 Å². The minimum Gasteiger partial charge on any atom is -0.389 e. The summed E-state index contributed by atoms with van der Waals surface area (Å²) in [4.78, 5) is 4.31. The van der Waals surface area contributed by atoms with Crippen LogP contribution >= 0.6 is 23.2 Å². The lowest BCUT2D eigenvalue weighted by Crippen LogP contribution is -2.46. The van der Waals surface area contributed by atoms with Crippen LogP contribution in [0, 0.1) is 5.41 Å². The Morgan fingerprint density at radius 3 is 2.19 bits per heavy atom. The van der Waals surface area contributed by atoms with Gasteiger partial charge in [-0.25, -0.2) is 4.98 Å². The molecule has 2 aromatic carbocycles. The molecule has 0 fully saturated rings. The maximum absolute atomic E-state index is 11.0. The average molecular weight is 478 g/mol. The van der Waals surface area contributed by atoms with Gasteiger partial charge in [0.2, 0.25) is 0 Å². The van der Waals surface area contributed by atoms with Gasteiger partial charge in [0.1, 0.15) is 0 Å². The molecule has 1 unspecified atom stereocenters. The molecular weight excluding hydrogens is 439 g/mol. The maximum atomic E-state index is 11.0. The summed E-state index contributed by atoms with van der Waals surface area (Å²) in [6.07, 6.45) is 7.76. The number of fused-ring (bicyclic) bond motifs is 1. The topological polar surface area (TPSA) is 38.0 Å². The smallest absolute Gasteiger partial charge is 0.0958 e. The molecule has 0 aliphatic carbocycles. The summed E-state index contributed by atoms with van der Waals surface area (Å²) in [7, 11) is 0. The van der Waals surface area contributed by atoms with Gasteiger partial charge < -0.3 is 9.67 Å². The molecule has 0 saturated heterocycles. The van der Waals surface area contributed by atoms with Crippen molar-refractivity contribution in [3.63, 3.8) is 0 Å². The molecule has 0 aliphatic heterocycles. The summed E-state index contributed by atoms with van der Waals surface area (Å²) >= 11 is 11.8. The quantitative estimate of drug-likeness (QED) is 0.336. The van der Waals surface area contributed by atoms with E-state index in [9.17, 15) is 5.11 Å². The van der Waals surface area contributed by atoms with Crippen LogP contribution in [-0.4, -0.2) is 20.3 Å². The lowest BCUT2D eigenvalue weighted by atomic mass is 9.68. The van der Waals surface area contributed by atoms with Crippen LogP contribution in [0.3, 0.4) is 0 Å². The Labute approximate surface area is 203 Å². The molecule has 1 N–H and O–H groups in total. The normalized spacial score (nSPS) is 13.5. The maximum Gasteiger partial charge on any atom is 0.0958 e. The molecule has 1 aromatic heterocycles. The van der Waals surface area contributed by atoms with E-state index in [-0.39, 0.29) is 5.41 Å². The van der Waals surface area contributed by atoms with Crippen LogP contribution in [0.25, 0.3) is 11.0 Å². The highest BCUT2D eigenvalue weighted by Crippen LogP contribution is 2.40. The second kappa shape index (κ2) is 12.1. The lowest BCUT2D eigenvalue weighted by molar-refractivity contribution is -0.0756. The average Bonchev–Trinajstić information content (AvgIpc) is 3.16. The van der Waals surface area contributed by atoms with Gasteiger partial charge in [-0.2, -0.15) is 0 Å². The first-order valence-corrected chi connectivity index (χ1v) is 12.5. The van der Waals surface area contributed by atoms with E-state index in [0.717, 1.165) is 46.9 Å². The fourth-order valence-electron chi connectivity index (χ4n) is 3.89. The van der Waals surface area contributed by atoms with E-state index in [4.69, 9.17) is 23.2 Å². The molecule has 32 heavy (non-hydrogen) atoms. The predicted octanol–water partition coefficient (Wildman–Crippen LogP) is 8.34. The number of hydrogen-bond donors (Lipinski definition) is 1. The van der Waals surface area contributed by atoms with Crippen LogP contribution in [0.2, 0.25) is 10.0 Å². The van der Waals surface area contributed by atoms with Crippen LogP contribution < -0.4 is 0 Å². The van der Waals surface area contributed by atoms with E-state index < -0.39 is 5.60 Å². The van der Waals surface area contributed by atoms with E-state index in [1.807, 2.05) is 48.8 Å². The molecule has 3 nitrogen and oxygen atoms in total. The van der Waals surface area contributed by atoms with Gasteiger partial charge in [-0.1, -0.05) is 82.8 Å². The van der Waals surface area contributed by atoms with Gasteiger partial charge in [0.05, 0.1) is 23.0 Å². The van der Waals surface area contributed by atoms with Crippen LogP contribution in [0.4, 0.5) is 0 Å². The first-order chi connectivity index (χ1) is 15.2. The Balaban J connectivity index is 0.000000233. The highest BCUT2D eigenvalue weighted by molar-refractivity contribution is 6.31. The third-order valence-corrected chi connectivity index (χ3v) is 7.04. The Morgan fingerprint density at radius 2 is 1.59 bits per heavy atom. The van der Waals surface area contributed by atoms with E-state index in [0.29, 0.717) is 6.42 Å². The van der Waals surface area contributed by atoms with Gasteiger partial charge in [0.25, 0.3) is 0 Å². The largest absolute Gasteiger partial charge is 0.389 e. The Kier molecular flexibility index (Phi) is 10.1. The molecule has 3 rings (SSSR count). The molecule has 1 heterocycles. The van der Waals surface area contributed by atoms with Gasteiger partial charge in [-0.15, -0.1) is 0 Å². The first-order valence-electron chi connectivity index (χ1n) is 11.7. The number of imidazole rings is 1. The van der Waals surface area contributed by atoms with E-state index in [1.54, 1.807) is 0 Å². The third-order valence-electron chi connectivity index (χ3n) is 6.55. The molecule has 0 saturated carbocycles. The summed E-state index contributed by atoms with van der Waals surface area (Å²) < 4.78 is 2.18. The monoisotopic (exact) mass is 476 g/mol. The van der Waals surface area contributed by atoms with Crippen LogP contribution in [0.5, 0.6) is 0 Å². The molecule has 1 atom stereocenters. The highest BCUT2D eigenvalue weighted by atomic mass is 35.5. The Hall–Kier alpha value is -1.55. The lowest BCUT2D eigenvalue weighted by Gasteiger charge is -2.43. The van der Waals surface area contributed by atoms with Crippen molar-refractivity contribution in [2.45, 2.75) is 85.3 Å². The van der Waals surface area contributed by atoms with E-state index >= 15 is 0 Å². The number of aryl methyl sites for hydroxylation is 1. The molecule has 5 heteroatoms. The fourth-order valence-corrected chi connectivity index (χ4v) is 4.18. The van der Waals surface area contributed by atoms with Crippen molar-refractivity contribution in [2.24, 2.45) is 5.41 Å². The number of rotatable bonds is 9. The number of unbranched alkanes of at least 4 members (excludes halogenated alkanes) is 1. The van der Waals surface area contributed by atoms with Crippen molar-refractivity contribution in [1.82, 2.24) is 9.55 Å². The molecule has 0 aliphatic rings. The number of halogens is 2. The van der Waals surface area contributed by atoms with Crippen LogP contribution in [-0.2, 0) is 13.0 Å². The van der Waals surface area contributed by atoms with Gasteiger partial charge >= 0.3 is 0 Å². The first kappa shape index (κ1) is 26.7. The zero-order chi connectivity index (χ0) is 23.8. The van der Waals surface area contributed by atoms with Crippen molar-refractivity contribution in [1.29, 1.82) is 0 Å². The highest BCUT2D eigenvalue weighted by Gasteiger charge is 2.41. The van der Waals surface area contributed by atoms with Crippen molar-refractivity contribution in [2.75, 3.05) is 0 Å². The Morgan fingerprint density at radius 1 is 0.938 bits per heavy atom. The minimum atomic E-state index is -0.648. The molecule has 0 amide bonds. The van der Waals surface area contributed by atoms with Gasteiger partial charge in [0, 0.05) is 23.0 Å². The van der Waals surface area contributed by atoms with E-state index in [2.05, 4.69) is 44.2 Å². The molecule has 3 aromatic rings. The molecule has 0 bridgehead atoms. The molecule has 0 spiro atoms. The number of benzene rings is 2. The van der Waals surface area contributed by atoms with Gasteiger partial charge in [-0.3, -0.25) is 0 Å². The summed E-state index contributed by atoms with van der Waals surface area (Å²) in [6.45, 7) is 11.8. The Bertz CT molecular complexity index is 965. The molecule has 0 radical (unpaired) electrons. The van der Waals surface area contributed by atoms with Gasteiger partial charge in [-0.05, 0) is 60.6 Å². The van der Waals surface area contributed by atoms with Crippen molar-refractivity contribution in [3.8, 4) is 0 Å². The minimum absolute atomic E-state index is 0.0807. The number of aliphatic hydroxyl groups is 1. The molecular formula is C27H38Cl2N2O. The standard InChI is InChI=1S/C16H25ClO.C11H13ClN2/c1-5-11-16(18,15(3,4)6-2)12-13-7-9-14(17)10-8-13;1-2-3-6-14-8-13-10-7-9(12)4-5-11(10)14/h7-10,18H,5-6,11-12H2,1-4H3;4-5,7-8H,2-3,6H2,1H3. The number of aromatic nitrogens is 2. The van der Waals surface area contributed by atoms with Crippen LogP contribution in [0.15, 0.2) is 48.8 Å². The second-order valence-electron chi connectivity index (χ2n) is 9.25. The summed E-state index contributed by atoms with van der Waals surface area (Å²) in [6, 6.07) is 13.6. The number of hydrogen-bond acceptors (Lipinski definition) is 2. The van der Waals surface area contributed by atoms with Crippen LogP contribution in [0.1, 0.15) is 72.3 Å². The third kappa shape index (κ3) is 6.97. The van der Waals surface area contributed by atoms with Crippen molar-refractivity contribution in [3.05, 3.63) is 64.4 Å².